The van der Waals surface area contributed by atoms with E-state index in [-0.39, 0.29) is 11.3 Å². The van der Waals surface area contributed by atoms with Gasteiger partial charge in [0.1, 0.15) is 0 Å². The summed E-state index contributed by atoms with van der Waals surface area (Å²) in [6.45, 7) is 8.77. The van der Waals surface area contributed by atoms with Crippen molar-refractivity contribution in [3.8, 4) is 0 Å². The van der Waals surface area contributed by atoms with Gasteiger partial charge in [-0.15, -0.1) is 0 Å². The largest absolute Gasteiger partial charge is 0.344 e. The number of rotatable bonds is 16. The third kappa shape index (κ3) is 9.92. The Balaban J connectivity index is 4.90. The van der Waals surface area contributed by atoms with Gasteiger partial charge in [0.2, 0.25) is 7.37 Å². The molecule has 0 radical (unpaired) electrons. The minimum atomic E-state index is -3.05. The predicted octanol–water partition coefficient (Wildman–Crippen LogP) is 7.54. The van der Waals surface area contributed by atoms with Crippen molar-refractivity contribution in [2.45, 2.75) is 129 Å². The van der Waals surface area contributed by atoms with Crippen molar-refractivity contribution in [3.63, 3.8) is 0 Å². The SMILES string of the molecule is CCCCCC(CCCC)P(=O)(O)C(CCCC)CCCCC. The van der Waals surface area contributed by atoms with Gasteiger partial charge in [-0.25, -0.2) is 0 Å². The van der Waals surface area contributed by atoms with Crippen molar-refractivity contribution in [1.82, 2.24) is 0 Å². The molecule has 3 heteroatoms. The lowest BCUT2D eigenvalue weighted by Gasteiger charge is -2.30. The maximum atomic E-state index is 13.4. The van der Waals surface area contributed by atoms with Crippen molar-refractivity contribution >= 4 is 7.37 Å². The molecule has 0 heterocycles. The lowest BCUT2D eigenvalue weighted by atomic mass is 10.1. The molecule has 0 fully saturated rings. The Hall–Kier alpha value is 0.190. The molecule has 0 aliphatic heterocycles. The molecule has 0 saturated heterocycles. The second-order valence-corrected chi connectivity index (χ2v) is 10.1. The van der Waals surface area contributed by atoms with Crippen molar-refractivity contribution < 1.29 is 9.46 Å². The molecule has 2 atom stereocenters. The summed E-state index contributed by atoms with van der Waals surface area (Å²) in [5.41, 5.74) is 0.106. The Kier molecular flexibility index (Phi) is 14.6. The molecule has 0 rings (SSSR count). The zero-order valence-corrected chi connectivity index (χ0v) is 17.3. The highest BCUT2D eigenvalue weighted by Gasteiger charge is 2.37. The Labute approximate surface area is 146 Å². The van der Waals surface area contributed by atoms with E-state index in [1.807, 2.05) is 0 Å². The van der Waals surface area contributed by atoms with Crippen molar-refractivity contribution in [1.29, 1.82) is 0 Å². The van der Waals surface area contributed by atoms with Crippen LogP contribution in [0.1, 0.15) is 118 Å². The van der Waals surface area contributed by atoms with Crippen LogP contribution in [0.4, 0.5) is 0 Å². The summed E-state index contributed by atoms with van der Waals surface area (Å²) in [5.74, 6) is 0. The molecular formula is C20H43O2P. The average Bonchev–Trinajstić information content (AvgIpc) is 2.53. The molecule has 2 nitrogen and oxygen atoms in total. The molecule has 0 aliphatic carbocycles. The van der Waals surface area contributed by atoms with Gasteiger partial charge in [-0.1, -0.05) is 91.9 Å². The van der Waals surface area contributed by atoms with Crippen LogP contribution in [0.5, 0.6) is 0 Å². The smallest absolute Gasteiger partial charge is 0.206 e. The number of unbranched alkanes of at least 4 members (excludes halogenated alkanes) is 6. The van der Waals surface area contributed by atoms with Gasteiger partial charge in [-0.2, -0.15) is 0 Å². The summed E-state index contributed by atoms with van der Waals surface area (Å²) in [7, 11) is -3.05. The van der Waals surface area contributed by atoms with Crippen LogP contribution in [0.3, 0.4) is 0 Å². The van der Waals surface area contributed by atoms with E-state index < -0.39 is 7.37 Å². The molecule has 0 spiro atoms. The van der Waals surface area contributed by atoms with Crippen LogP contribution in [0, 0.1) is 0 Å². The Morgan fingerprint density at radius 3 is 1.22 bits per heavy atom. The minimum absolute atomic E-state index is 0.0532. The molecule has 2 unspecified atom stereocenters. The number of hydrogen-bond donors (Lipinski definition) is 1. The van der Waals surface area contributed by atoms with Crippen molar-refractivity contribution in [3.05, 3.63) is 0 Å². The molecule has 0 aromatic heterocycles. The molecule has 0 amide bonds. The Morgan fingerprint density at radius 2 is 0.913 bits per heavy atom. The Bertz CT molecular complexity index is 278. The first-order chi connectivity index (χ1) is 11.0. The molecule has 23 heavy (non-hydrogen) atoms. The molecule has 0 saturated carbocycles. The third-order valence-electron chi connectivity index (χ3n) is 5.11. The lowest BCUT2D eigenvalue weighted by molar-refractivity contribution is 0.413. The predicted molar refractivity (Wildman–Crippen MR) is 105 cm³/mol. The standard InChI is InChI=1S/C20H43O2P/c1-5-9-13-17-19(15-11-7-3)23(21,22)20(16-12-8-4)18-14-10-6-2/h19-20H,5-18H2,1-4H3,(H,21,22). The van der Waals surface area contributed by atoms with Crippen LogP contribution in [0.2, 0.25) is 0 Å². The van der Waals surface area contributed by atoms with Gasteiger partial charge in [0, 0.05) is 11.3 Å². The number of hydrogen-bond acceptors (Lipinski definition) is 1. The van der Waals surface area contributed by atoms with E-state index in [2.05, 4.69) is 27.7 Å². The van der Waals surface area contributed by atoms with Crippen LogP contribution in [0.25, 0.3) is 0 Å². The van der Waals surface area contributed by atoms with Gasteiger partial charge >= 0.3 is 0 Å². The monoisotopic (exact) mass is 346 g/mol. The normalized spacial score (nSPS) is 16.9. The highest BCUT2D eigenvalue weighted by molar-refractivity contribution is 7.59. The van der Waals surface area contributed by atoms with Gasteiger partial charge < -0.3 is 4.89 Å². The van der Waals surface area contributed by atoms with E-state index in [1.54, 1.807) is 0 Å². The fourth-order valence-electron chi connectivity index (χ4n) is 3.47. The fraction of sp³-hybridized carbons (Fsp3) is 1.00. The first-order valence-corrected chi connectivity index (χ1v) is 12.2. The molecular weight excluding hydrogens is 303 g/mol. The maximum absolute atomic E-state index is 13.4. The zero-order chi connectivity index (χ0) is 17.6. The third-order valence-corrected chi connectivity index (χ3v) is 8.24. The fourth-order valence-corrected chi connectivity index (χ4v) is 6.27. The highest BCUT2D eigenvalue weighted by Crippen LogP contribution is 2.57. The summed E-state index contributed by atoms with van der Waals surface area (Å²) >= 11 is 0. The first kappa shape index (κ1) is 23.2. The lowest BCUT2D eigenvalue weighted by Crippen LogP contribution is -2.20. The summed E-state index contributed by atoms with van der Waals surface area (Å²) < 4.78 is 13.4. The molecule has 0 aromatic rings. The van der Waals surface area contributed by atoms with Gasteiger partial charge in [0.05, 0.1) is 0 Å². The van der Waals surface area contributed by atoms with Crippen molar-refractivity contribution in [2.24, 2.45) is 0 Å². The van der Waals surface area contributed by atoms with Gasteiger partial charge in [0.15, 0.2) is 0 Å². The molecule has 0 aliphatic rings. The quantitative estimate of drug-likeness (QED) is 0.231. The highest BCUT2D eigenvalue weighted by atomic mass is 31.2. The molecule has 140 valence electrons. The van der Waals surface area contributed by atoms with E-state index in [0.29, 0.717) is 0 Å². The van der Waals surface area contributed by atoms with E-state index in [1.165, 1.54) is 25.7 Å². The molecule has 0 aromatic carbocycles. The van der Waals surface area contributed by atoms with Gasteiger partial charge in [-0.05, 0) is 25.7 Å². The average molecular weight is 347 g/mol. The Morgan fingerprint density at radius 1 is 0.609 bits per heavy atom. The van der Waals surface area contributed by atoms with Crippen LogP contribution < -0.4 is 0 Å². The zero-order valence-electron chi connectivity index (χ0n) is 16.4. The van der Waals surface area contributed by atoms with E-state index in [0.717, 1.165) is 64.2 Å². The van der Waals surface area contributed by atoms with Crippen LogP contribution in [-0.4, -0.2) is 16.2 Å². The van der Waals surface area contributed by atoms with Crippen LogP contribution in [0.15, 0.2) is 0 Å². The van der Waals surface area contributed by atoms with Crippen LogP contribution in [-0.2, 0) is 4.57 Å². The summed E-state index contributed by atoms with van der Waals surface area (Å²) in [4.78, 5) is 11.0. The molecule has 1 N–H and O–H groups in total. The summed E-state index contributed by atoms with van der Waals surface area (Å²) in [6, 6.07) is 0. The second-order valence-electron chi connectivity index (χ2n) is 7.26. The van der Waals surface area contributed by atoms with E-state index >= 15 is 0 Å². The van der Waals surface area contributed by atoms with Gasteiger partial charge in [0.25, 0.3) is 0 Å². The summed E-state index contributed by atoms with van der Waals surface area (Å²) in [5, 5.41) is 0. The van der Waals surface area contributed by atoms with Crippen molar-refractivity contribution in [2.75, 3.05) is 0 Å². The second kappa shape index (κ2) is 14.5. The minimum Gasteiger partial charge on any atom is -0.344 e. The molecule has 0 bridgehead atoms. The van der Waals surface area contributed by atoms with E-state index in [4.69, 9.17) is 0 Å². The van der Waals surface area contributed by atoms with Crippen LogP contribution >= 0.6 is 7.37 Å². The van der Waals surface area contributed by atoms with Gasteiger partial charge in [-0.3, -0.25) is 4.57 Å². The topological polar surface area (TPSA) is 37.3 Å². The first-order valence-electron chi connectivity index (χ1n) is 10.4. The summed E-state index contributed by atoms with van der Waals surface area (Å²) in [6.07, 6.45) is 15.2. The van der Waals surface area contributed by atoms with E-state index in [9.17, 15) is 9.46 Å². The maximum Gasteiger partial charge on any atom is 0.206 e.